The number of rotatable bonds is 7. The van der Waals surface area contributed by atoms with Crippen LogP contribution in [-0.4, -0.2) is 33.1 Å². The van der Waals surface area contributed by atoms with Crippen molar-refractivity contribution < 1.29 is 14.1 Å². The molecule has 2 aromatic heterocycles. The second-order valence-corrected chi connectivity index (χ2v) is 7.72. The number of aromatic nitrogens is 3. The first-order chi connectivity index (χ1) is 14.8. The van der Waals surface area contributed by atoms with Gasteiger partial charge in [-0.3, -0.25) is 9.78 Å². The third kappa shape index (κ3) is 5.88. The fraction of sp³-hybridized carbons (Fsp3) is 0.318. The maximum Gasteiger partial charge on any atom is 0.319 e. The Balaban J connectivity index is 1.68. The van der Waals surface area contributed by atoms with Crippen molar-refractivity contribution in [3.05, 3.63) is 60.2 Å². The van der Waals surface area contributed by atoms with E-state index in [0.29, 0.717) is 23.0 Å². The van der Waals surface area contributed by atoms with Gasteiger partial charge >= 0.3 is 6.03 Å². The molecule has 0 radical (unpaired) electrons. The molecule has 1 atom stereocenters. The monoisotopic (exact) mass is 422 g/mol. The lowest BCUT2D eigenvalue weighted by Gasteiger charge is -2.18. The molecule has 9 heteroatoms. The van der Waals surface area contributed by atoms with Gasteiger partial charge in [-0.15, -0.1) is 0 Å². The Bertz CT molecular complexity index is 1020. The van der Waals surface area contributed by atoms with Crippen molar-refractivity contribution in [2.75, 3.05) is 5.32 Å². The molecule has 3 N–H and O–H groups in total. The SMILES string of the molecule is CC(C)NC(=O)Nc1ccc(C(=O)NC(c2nc(-c3ccncc3)no2)C(C)C)cc1. The summed E-state index contributed by atoms with van der Waals surface area (Å²) in [5, 5.41) is 12.4. The van der Waals surface area contributed by atoms with Gasteiger partial charge in [0.05, 0.1) is 0 Å². The highest BCUT2D eigenvalue weighted by Gasteiger charge is 2.25. The van der Waals surface area contributed by atoms with Crippen molar-refractivity contribution in [3.8, 4) is 11.4 Å². The average Bonchev–Trinajstić information content (AvgIpc) is 3.22. The Labute approximate surface area is 180 Å². The van der Waals surface area contributed by atoms with Crippen LogP contribution in [0.1, 0.15) is 50.0 Å². The topological polar surface area (TPSA) is 122 Å². The highest BCUT2D eigenvalue weighted by Crippen LogP contribution is 2.24. The van der Waals surface area contributed by atoms with Gasteiger partial charge < -0.3 is 20.5 Å². The summed E-state index contributed by atoms with van der Waals surface area (Å²) < 4.78 is 5.42. The van der Waals surface area contributed by atoms with E-state index in [4.69, 9.17) is 4.52 Å². The van der Waals surface area contributed by atoms with E-state index in [0.717, 1.165) is 5.56 Å². The molecule has 0 bridgehead atoms. The molecular weight excluding hydrogens is 396 g/mol. The number of benzene rings is 1. The van der Waals surface area contributed by atoms with Crippen LogP contribution in [0.3, 0.4) is 0 Å². The van der Waals surface area contributed by atoms with Crippen molar-refractivity contribution in [1.82, 2.24) is 25.8 Å². The van der Waals surface area contributed by atoms with E-state index < -0.39 is 6.04 Å². The van der Waals surface area contributed by atoms with Crippen LogP contribution in [-0.2, 0) is 0 Å². The largest absolute Gasteiger partial charge is 0.340 e. The molecule has 0 aliphatic carbocycles. The van der Waals surface area contributed by atoms with Gasteiger partial charge in [0.2, 0.25) is 11.7 Å². The third-order valence-corrected chi connectivity index (χ3v) is 4.42. The molecule has 31 heavy (non-hydrogen) atoms. The van der Waals surface area contributed by atoms with Crippen molar-refractivity contribution in [2.24, 2.45) is 5.92 Å². The second kappa shape index (κ2) is 9.84. The Morgan fingerprint density at radius 1 is 0.935 bits per heavy atom. The summed E-state index contributed by atoms with van der Waals surface area (Å²) in [5.74, 6) is 0.516. The number of anilines is 1. The van der Waals surface area contributed by atoms with Gasteiger partial charge in [0.25, 0.3) is 5.91 Å². The van der Waals surface area contributed by atoms with Crippen molar-refractivity contribution in [1.29, 1.82) is 0 Å². The molecule has 0 spiro atoms. The fourth-order valence-corrected chi connectivity index (χ4v) is 2.85. The summed E-state index contributed by atoms with van der Waals surface area (Å²) in [6, 6.07) is 9.49. The Morgan fingerprint density at radius 2 is 1.61 bits per heavy atom. The average molecular weight is 422 g/mol. The van der Waals surface area contributed by atoms with Crippen molar-refractivity contribution in [3.63, 3.8) is 0 Å². The summed E-state index contributed by atoms with van der Waals surface area (Å²) in [6.07, 6.45) is 3.30. The van der Waals surface area contributed by atoms with Crippen LogP contribution in [0.5, 0.6) is 0 Å². The van der Waals surface area contributed by atoms with Crippen molar-refractivity contribution >= 4 is 17.6 Å². The molecule has 9 nitrogen and oxygen atoms in total. The predicted octanol–water partition coefficient (Wildman–Crippen LogP) is 3.79. The van der Waals surface area contributed by atoms with E-state index >= 15 is 0 Å². The van der Waals surface area contributed by atoms with E-state index in [1.807, 2.05) is 27.7 Å². The molecule has 1 aromatic carbocycles. The van der Waals surface area contributed by atoms with Gasteiger partial charge in [-0.05, 0) is 56.2 Å². The number of urea groups is 1. The van der Waals surface area contributed by atoms with Gasteiger partial charge in [-0.2, -0.15) is 4.98 Å². The van der Waals surface area contributed by atoms with E-state index in [2.05, 4.69) is 31.1 Å². The summed E-state index contributed by atoms with van der Waals surface area (Å²) in [5.41, 5.74) is 1.83. The molecular formula is C22H26N6O3. The quantitative estimate of drug-likeness (QED) is 0.532. The van der Waals surface area contributed by atoms with Crippen LogP contribution in [0.4, 0.5) is 10.5 Å². The van der Waals surface area contributed by atoms with Crippen LogP contribution < -0.4 is 16.0 Å². The Morgan fingerprint density at radius 3 is 2.23 bits per heavy atom. The fourth-order valence-electron chi connectivity index (χ4n) is 2.85. The number of hydrogen-bond donors (Lipinski definition) is 3. The minimum absolute atomic E-state index is 0.0235. The summed E-state index contributed by atoms with van der Waals surface area (Å²) in [6.45, 7) is 7.67. The first kappa shape index (κ1) is 21.9. The minimum atomic E-state index is -0.454. The van der Waals surface area contributed by atoms with Gasteiger partial charge in [0, 0.05) is 35.2 Å². The van der Waals surface area contributed by atoms with Gasteiger partial charge in [-0.25, -0.2) is 4.79 Å². The first-order valence-electron chi connectivity index (χ1n) is 10.1. The normalized spacial score (nSPS) is 11.9. The number of amides is 3. The summed E-state index contributed by atoms with van der Waals surface area (Å²) in [4.78, 5) is 33.0. The predicted molar refractivity (Wildman–Crippen MR) is 116 cm³/mol. The van der Waals surface area contributed by atoms with E-state index in [9.17, 15) is 9.59 Å². The number of nitrogens with one attached hydrogen (secondary N) is 3. The molecule has 2 heterocycles. The van der Waals surface area contributed by atoms with Crippen LogP contribution in [0.25, 0.3) is 11.4 Å². The third-order valence-electron chi connectivity index (χ3n) is 4.42. The standard InChI is InChI=1S/C22H26N6O3/c1-13(2)18(21-27-19(28-31-21)15-9-11-23-12-10-15)26-20(29)16-5-7-17(8-6-16)25-22(30)24-14(3)4/h5-14,18H,1-4H3,(H,26,29)(H2,24,25,30). The Hall–Kier alpha value is -3.75. The zero-order chi connectivity index (χ0) is 22.4. The number of hydrogen-bond acceptors (Lipinski definition) is 6. The molecule has 0 aliphatic rings. The molecule has 3 amide bonds. The Kier molecular flexibility index (Phi) is 6.96. The van der Waals surface area contributed by atoms with Crippen molar-refractivity contribution in [2.45, 2.75) is 39.8 Å². The zero-order valence-electron chi connectivity index (χ0n) is 17.9. The molecule has 0 aliphatic heterocycles. The number of carbonyl (C=O) groups excluding carboxylic acids is 2. The lowest BCUT2D eigenvalue weighted by Crippen LogP contribution is -2.34. The highest BCUT2D eigenvalue weighted by atomic mass is 16.5. The van der Waals surface area contributed by atoms with Crippen LogP contribution in [0.2, 0.25) is 0 Å². The highest BCUT2D eigenvalue weighted by molar-refractivity contribution is 5.95. The molecule has 0 saturated carbocycles. The van der Waals surface area contributed by atoms with Gasteiger partial charge in [0.15, 0.2) is 0 Å². The summed E-state index contributed by atoms with van der Waals surface area (Å²) >= 11 is 0. The molecule has 0 fully saturated rings. The smallest absolute Gasteiger partial charge is 0.319 e. The molecule has 162 valence electrons. The molecule has 1 unspecified atom stereocenters. The number of nitrogens with zero attached hydrogens (tertiary/aromatic N) is 3. The number of carbonyl (C=O) groups is 2. The van der Waals surface area contributed by atoms with E-state index in [1.165, 1.54) is 0 Å². The molecule has 3 aromatic rings. The minimum Gasteiger partial charge on any atom is -0.340 e. The van der Waals surface area contributed by atoms with Gasteiger partial charge in [0.1, 0.15) is 6.04 Å². The number of pyridine rings is 1. The molecule has 3 rings (SSSR count). The second-order valence-electron chi connectivity index (χ2n) is 7.72. The maximum absolute atomic E-state index is 12.8. The first-order valence-corrected chi connectivity index (χ1v) is 10.1. The molecule has 0 saturated heterocycles. The van der Waals surface area contributed by atoms with Gasteiger partial charge in [-0.1, -0.05) is 19.0 Å². The van der Waals surface area contributed by atoms with E-state index in [1.54, 1.807) is 48.8 Å². The maximum atomic E-state index is 12.8. The van der Waals surface area contributed by atoms with Crippen LogP contribution in [0, 0.1) is 5.92 Å². The summed E-state index contributed by atoms with van der Waals surface area (Å²) in [7, 11) is 0. The van der Waals surface area contributed by atoms with Crippen LogP contribution >= 0.6 is 0 Å². The zero-order valence-corrected chi connectivity index (χ0v) is 17.9. The van der Waals surface area contributed by atoms with E-state index in [-0.39, 0.29) is 23.9 Å². The lowest BCUT2D eigenvalue weighted by molar-refractivity contribution is 0.0914. The van der Waals surface area contributed by atoms with Crippen LogP contribution in [0.15, 0.2) is 53.3 Å². The lowest BCUT2D eigenvalue weighted by atomic mass is 10.0.